The fourth-order valence-corrected chi connectivity index (χ4v) is 3.43. The second kappa shape index (κ2) is 6.21. The topological polar surface area (TPSA) is 43.1 Å². The van der Waals surface area contributed by atoms with E-state index >= 15 is 0 Å². The first kappa shape index (κ1) is 14.1. The maximum absolute atomic E-state index is 10.9. The van der Waals surface area contributed by atoms with Crippen molar-refractivity contribution in [2.45, 2.75) is 17.6 Å². The minimum Gasteiger partial charge on any atom is -0.258 e. The molecule has 0 atom stereocenters. The van der Waals surface area contributed by atoms with Crippen molar-refractivity contribution < 1.29 is 4.92 Å². The van der Waals surface area contributed by atoms with Crippen molar-refractivity contribution in [3.05, 3.63) is 68.2 Å². The van der Waals surface area contributed by atoms with Gasteiger partial charge in [-0.15, -0.1) is 11.8 Å². The molecule has 0 N–H and O–H groups in total. The molecular weight excluding hydrogens is 326 g/mol. The maximum atomic E-state index is 10.9. The molecule has 98 valence electrons. The standard InChI is InChI=1S/C14H12BrNO2S/c1-10-4-2-6-12(8-10)19-9-11-5-3-7-13(14(11)15)16(17)18/h2-8H,9H2,1H3. The van der Waals surface area contributed by atoms with Crippen LogP contribution >= 0.6 is 27.7 Å². The van der Waals surface area contributed by atoms with E-state index in [2.05, 4.69) is 22.0 Å². The normalized spacial score (nSPS) is 10.4. The van der Waals surface area contributed by atoms with Crippen molar-refractivity contribution in [3.63, 3.8) is 0 Å². The molecule has 0 spiro atoms. The lowest BCUT2D eigenvalue weighted by Gasteiger charge is -2.05. The maximum Gasteiger partial charge on any atom is 0.283 e. The summed E-state index contributed by atoms with van der Waals surface area (Å²) < 4.78 is 0.570. The number of nitro benzene ring substituents is 1. The summed E-state index contributed by atoms with van der Waals surface area (Å²) in [6, 6.07) is 13.3. The van der Waals surface area contributed by atoms with Gasteiger partial charge in [0.05, 0.1) is 9.40 Å². The Labute approximate surface area is 124 Å². The minimum absolute atomic E-state index is 0.113. The van der Waals surface area contributed by atoms with Crippen molar-refractivity contribution in [2.24, 2.45) is 0 Å². The summed E-state index contributed by atoms with van der Waals surface area (Å²) in [5.74, 6) is 0.700. The molecule has 0 heterocycles. The largest absolute Gasteiger partial charge is 0.283 e. The van der Waals surface area contributed by atoms with Crippen LogP contribution in [0.3, 0.4) is 0 Å². The zero-order valence-electron chi connectivity index (χ0n) is 10.3. The Morgan fingerprint density at radius 3 is 2.68 bits per heavy atom. The number of nitrogens with zero attached hydrogens (tertiary/aromatic N) is 1. The summed E-state index contributed by atoms with van der Waals surface area (Å²) in [6.07, 6.45) is 0. The lowest BCUT2D eigenvalue weighted by molar-refractivity contribution is -0.385. The van der Waals surface area contributed by atoms with E-state index in [0.29, 0.717) is 10.2 Å². The molecule has 0 fully saturated rings. The fraction of sp³-hybridized carbons (Fsp3) is 0.143. The van der Waals surface area contributed by atoms with Gasteiger partial charge in [0.1, 0.15) is 0 Å². The highest BCUT2D eigenvalue weighted by molar-refractivity contribution is 9.10. The van der Waals surface area contributed by atoms with Crippen molar-refractivity contribution in [1.29, 1.82) is 0 Å². The fourth-order valence-electron chi connectivity index (χ4n) is 1.68. The predicted molar refractivity (Wildman–Crippen MR) is 81.5 cm³/mol. The molecule has 0 aromatic heterocycles. The number of halogens is 1. The monoisotopic (exact) mass is 337 g/mol. The van der Waals surface area contributed by atoms with Gasteiger partial charge < -0.3 is 0 Å². The Hall–Kier alpha value is -1.33. The highest BCUT2D eigenvalue weighted by Gasteiger charge is 2.14. The number of aryl methyl sites for hydroxylation is 1. The average molecular weight is 338 g/mol. The van der Waals surface area contributed by atoms with E-state index in [1.807, 2.05) is 31.2 Å². The number of thioether (sulfide) groups is 1. The molecule has 0 aliphatic rings. The predicted octanol–water partition coefficient (Wildman–Crippen LogP) is 4.96. The van der Waals surface area contributed by atoms with E-state index in [4.69, 9.17) is 0 Å². The van der Waals surface area contributed by atoms with Crippen LogP contribution < -0.4 is 0 Å². The minimum atomic E-state index is -0.370. The van der Waals surface area contributed by atoms with E-state index in [0.717, 1.165) is 5.56 Å². The summed E-state index contributed by atoms with van der Waals surface area (Å²) in [4.78, 5) is 11.7. The van der Waals surface area contributed by atoms with E-state index in [9.17, 15) is 10.1 Å². The Bertz CT molecular complexity index is 616. The number of hydrogen-bond donors (Lipinski definition) is 0. The molecule has 2 rings (SSSR count). The van der Waals surface area contributed by atoms with Gasteiger partial charge in [-0.05, 0) is 40.5 Å². The molecule has 0 radical (unpaired) electrons. The molecule has 0 bridgehead atoms. The van der Waals surface area contributed by atoms with Crippen LogP contribution in [0.25, 0.3) is 0 Å². The summed E-state index contributed by atoms with van der Waals surface area (Å²) in [5.41, 5.74) is 2.26. The highest BCUT2D eigenvalue weighted by atomic mass is 79.9. The molecule has 0 saturated heterocycles. The SMILES string of the molecule is Cc1cccc(SCc2cccc([N+](=O)[O-])c2Br)c1. The van der Waals surface area contributed by atoms with Gasteiger partial charge in [-0.1, -0.05) is 29.8 Å². The highest BCUT2D eigenvalue weighted by Crippen LogP contribution is 2.32. The first-order valence-corrected chi connectivity index (χ1v) is 7.47. The zero-order chi connectivity index (χ0) is 13.8. The Kier molecular flexibility index (Phi) is 4.61. The summed E-state index contributed by atoms with van der Waals surface area (Å²) in [6.45, 7) is 2.05. The van der Waals surface area contributed by atoms with Crippen LogP contribution in [0, 0.1) is 17.0 Å². The molecule has 2 aromatic rings. The van der Waals surface area contributed by atoms with Crippen LogP contribution in [0.4, 0.5) is 5.69 Å². The van der Waals surface area contributed by atoms with Crippen LogP contribution in [-0.2, 0) is 5.75 Å². The van der Waals surface area contributed by atoms with Crippen molar-refractivity contribution >= 4 is 33.4 Å². The van der Waals surface area contributed by atoms with Gasteiger partial charge in [-0.2, -0.15) is 0 Å². The van der Waals surface area contributed by atoms with Gasteiger partial charge >= 0.3 is 0 Å². The molecule has 0 aliphatic carbocycles. The van der Waals surface area contributed by atoms with Gasteiger partial charge in [-0.3, -0.25) is 10.1 Å². The third-order valence-corrected chi connectivity index (χ3v) is 4.60. The smallest absolute Gasteiger partial charge is 0.258 e. The van der Waals surface area contributed by atoms with Crippen molar-refractivity contribution in [2.75, 3.05) is 0 Å². The van der Waals surface area contributed by atoms with Gasteiger partial charge in [0.15, 0.2) is 0 Å². The Balaban J connectivity index is 2.16. The van der Waals surface area contributed by atoms with Crippen LogP contribution in [0.2, 0.25) is 0 Å². The molecule has 5 heteroatoms. The van der Waals surface area contributed by atoms with Crippen molar-refractivity contribution in [1.82, 2.24) is 0 Å². The molecule has 2 aromatic carbocycles. The van der Waals surface area contributed by atoms with Gasteiger partial charge in [0, 0.05) is 16.7 Å². The lowest BCUT2D eigenvalue weighted by atomic mass is 10.2. The van der Waals surface area contributed by atoms with Gasteiger partial charge in [0.2, 0.25) is 0 Å². The van der Waals surface area contributed by atoms with Crippen molar-refractivity contribution in [3.8, 4) is 0 Å². The third kappa shape index (κ3) is 3.58. The number of rotatable bonds is 4. The van der Waals surface area contributed by atoms with Gasteiger partial charge in [0.25, 0.3) is 5.69 Å². The third-order valence-electron chi connectivity index (χ3n) is 2.64. The first-order chi connectivity index (χ1) is 9.08. The Morgan fingerprint density at radius 1 is 1.26 bits per heavy atom. The first-order valence-electron chi connectivity index (χ1n) is 5.69. The number of hydrogen-bond acceptors (Lipinski definition) is 3. The Morgan fingerprint density at radius 2 is 2.00 bits per heavy atom. The molecular formula is C14H12BrNO2S. The molecule has 3 nitrogen and oxygen atoms in total. The average Bonchev–Trinajstić information content (AvgIpc) is 2.37. The molecule has 19 heavy (non-hydrogen) atoms. The molecule has 0 saturated carbocycles. The van der Waals surface area contributed by atoms with Crippen LogP contribution in [0.1, 0.15) is 11.1 Å². The summed E-state index contributed by atoms with van der Waals surface area (Å²) in [7, 11) is 0. The van der Waals surface area contributed by atoms with E-state index in [-0.39, 0.29) is 10.6 Å². The van der Waals surface area contributed by atoms with E-state index in [1.165, 1.54) is 16.5 Å². The second-order valence-electron chi connectivity index (χ2n) is 4.11. The quantitative estimate of drug-likeness (QED) is 0.450. The molecule has 0 aliphatic heterocycles. The van der Waals surface area contributed by atoms with E-state index < -0.39 is 0 Å². The van der Waals surface area contributed by atoms with Gasteiger partial charge in [-0.25, -0.2) is 0 Å². The number of nitro groups is 1. The van der Waals surface area contributed by atoms with Crippen LogP contribution in [0.15, 0.2) is 51.8 Å². The summed E-state index contributed by atoms with van der Waals surface area (Å²) >= 11 is 4.98. The summed E-state index contributed by atoms with van der Waals surface area (Å²) in [5, 5.41) is 10.9. The van der Waals surface area contributed by atoms with Crippen LogP contribution in [-0.4, -0.2) is 4.92 Å². The van der Waals surface area contributed by atoms with Crippen LogP contribution in [0.5, 0.6) is 0 Å². The number of benzene rings is 2. The zero-order valence-corrected chi connectivity index (χ0v) is 12.7. The molecule has 0 unspecified atom stereocenters. The second-order valence-corrected chi connectivity index (χ2v) is 5.95. The lowest BCUT2D eigenvalue weighted by Crippen LogP contribution is -1.92. The van der Waals surface area contributed by atoms with E-state index in [1.54, 1.807) is 17.8 Å². The molecule has 0 amide bonds.